The van der Waals surface area contributed by atoms with Crippen molar-refractivity contribution in [2.24, 2.45) is 4.99 Å². The Bertz CT molecular complexity index is 650. The molecule has 0 heterocycles. The van der Waals surface area contributed by atoms with Crippen LogP contribution in [0, 0.1) is 10.5 Å². The quantitative estimate of drug-likeness (QED) is 0.254. The van der Waals surface area contributed by atoms with Crippen LogP contribution >= 0.6 is 22.6 Å². The first-order valence-electron chi connectivity index (χ1n) is 4.47. The van der Waals surface area contributed by atoms with Crippen molar-refractivity contribution in [3.63, 3.8) is 0 Å². The number of benzene rings is 1. The van der Waals surface area contributed by atoms with E-state index in [1.165, 1.54) is 13.0 Å². The second-order valence-electron chi connectivity index (χ2n) is 3.26. The highest BCUT2D eigenvalue weighted by molar-refractivity contribution is 14.1. The number of carbonyl (C=O) groups excluding carboxylic acids is 1. The number of rotatable bonds is 3. The maximum atomic E-state index is 12.2. The molecule has 0 saturated heterocycles. The Kier molecular flexibility index (Phi) is 4.59. The van der Waals surface area contributed by atoms with Gasteiger partial charge in [0.25, 0.3) is 0 Å². The summed E-state index contributed by atoms with van der Waals surface area (Å²) in [5.41, 5.74) is -5.44. The number of hydrogen-bond acceptors (Lipinski definition) is 5. The summed E-state index contributed by atoms with van der Waals surface area (Å²) in [6.45, 7) is 1.53. The second kappa shape index (κ2) is 5.47. The molecule has 1 rings (SSSR count). The Morgan fingerprint density at radius 2 is 1.95 bits per heavy atom. The molecule has 0 aliphatic carbocycles. The third-order valence-electron chi connectivity index (χ3n) is 1.89. The van der Waals surface area contributed by atoms with Gasteiger partial charge < -0.3 is 4.18 Å². The van der Waals surface area contributed by atoms with Crippen LogP contribution in [0.15, 0.2) is 17.1 Å². The first-order chi connectivity index (χ1) is 8.58. The van der Waals surface area contributed by atoms with Crippen LogP contribution in [0.2, 0.25) is 0 Å². The van der Waals surface area contributed by atoms with Gasteiger partial charge in [0, 0.05) is 3.57 Å². The summed E-state index contributed by atoms with van der Waals surface area (Å²) in [6, 6.07) is 2.25. The molecule has 0 N–H and O–H groups in total. The summed E-state index contributed by atoms with van der Waals surface area (Å²) >= 11 is 1.84. The SMILES string of the molecule is Cc1cc(OS(=O)(=O)C(F)(F)F)c(N=C=O)cc1I. The molecule has 0 atom stereocenters. The normalized spacial score (nSPS) is 11.8. The van der Waals surface area contributed by atoms with Gasteiger partial charge in [-0.15, -0.1) is 0 Å². The van der Waals surface area contributed by atoms with E-state index in [0.717, 1.165) is 12.1 Å². The number of alkyl halides is 3. The summed E-state index contributed by atoms with van der Waals surface area (Å²) in [5, 5.41) is 0. The van der Waals surface area contributed by atoms with Crippen LogP contribution in [0.4, 0.5) is 18.9 Å². The zero-order valence-corrected chi connectivity index (χ0v) is 12.1. The van der Waals surface area contributed by atoms with Crippen molar-refractivity contribution < 1.29 is 30.6 Å². The van der Waals surface area contributed by atoms with Crippen molar-refractivity contribution in [2.75, 3.05) is 0 Å². The molecule has 0 aromatic heterocycles. The van der Waals surface area contributed by atoms with Crippen LogP contribution in [0.5, 0.6) is 5.75 Å². The lowest BCUT2D eigenvalue weighted by molar-refractivity contribution is -0.0499. The van der Waals surface area contributed by atoms with Crippen LogP contribution in [0.1, 0.15) is 5.56 Å². The molecular weight excluding hydrogens is 402 g/mol. The minimum Gasteiger partial charge on any atom is -0.374 e. The molecule has 0 bridgehead atoms. The summed E-state index contributed by atoms with van der Waals surface area (Å²) in [7, 11) is -5.81. The molecule has 1 aromatic carbocycles. The van der Waals surface area contributed by atoms with Crippen molar-refractivity contribution in [1.82, 2.24) is 0 Å². The topological polar surface area (TPSA) is 72.8 Å². The lowest BCUT2D eigenvalue weighted by atomic mass is 10.2. The Morgan fingerprint density at radius 1 is 1.37 bits per heavy atom. The molecule has 10 heteroatoms. The molecule has 0 amide bonds. The second-order valence-corrected chi connectivity index (χ2v) is 5.96. The highest BCUT2D eigenvalue weighted by Crippen LogP contribution is 2.35. The summed E-state index contributed by atoms with van der Waals surface area (Å²) < 4.78 is 62.9. The van der Waals surface area contributed by atoms with Gasteiger partial charge in [-0.3, -0.25) is 0 Å². The smallest absolute Gasteiger partial charge is 0.374 e. The third kappa shape index (κ3) is 3.67. The molecule has 104 valence electrons. The number of hydrogen-bond donors (Lipinski definition) is 0. The van der Waals surface area contributed by atoms with E-state index in [4.69, 9.17) is 0 Å². The Labute approximate surface area is 119 Å². The largest absolute Gasteiger partial charge is 0.534 e. The van der Waals surface area contributed by atoms with Gasteiger partial charge in [0.05, 0.1) is 0 Å². The maximum absolute atomic E-state index is 12.2. The van der Waals surface area contributed by atoms with Crippen LogP contribution in [-0.2, 0) is 14.9 Å². The van der Waals surface area contributed by atoms with Gasteiger partial charge in [0.2, 0.25) is 6.08 Å². The average molecular weight is 407 g/mol. The Hall–Kier alpha value is -1.13. The van der Waals surface area contributed by atoms with E-state index in [0.29, 0.717) is 9.13 Å². The van der Waals surface area contributed by atoms with Crippen molar-refractivity contribution in [3.8, 4) is 5.75 Å². The monoisotopic (exact) mass is 407 g/mol. The molecule has 0 aliphatic rings. The number of aliphatic imine (C=N–C) groups is 1. The van der Waals surface area contributed by atoms with E-state index in [1.54, 1.807) is 0 Å². The van der Waals surface area contributed by atoms with Crippen molar-refractivity contribution in [1.29, 1.82) is 0 Å². The Balaban J connectivity index is 3.36. The highest BCUT2D eigenvalue weighted by Gasteiger charge is 2.48. The number of aryl methyl sites for hydroxylation is 1. The van der Waals surface area contributed by atoms with E-state index in [1.807, 2.05) is 22.6 Å². The third-order valence-corrected chi connectivity index (χ3v) is 4.02. The molecule has 19 heavy (non-hydrogen) atoms. The summed E-state index contributed by atoms with van der Waals surface area (Å²) in [6.07, 6.45) is 1.11. The van der Waals surface area contributed by atoms with Gasteiger partial charge in [0.15, 0.2) is 5.75 Å². The van der Waals surface area contributed by atoms with Gasteiger partial charge in [-0.25, -0.2) is 4.79 Å². The molecule has 0 aliphatic heterocycles. The fourth-order valence-corrected chi connectivity index (χ4v) is 1.93. The molecular formula is C9H5F3INO4S. The summed E-state index contributed by atoms with van der Waals surface area (Å²) in [5.74, 6) is -0.682. The average Bonchev–Trinajstić information content (AvgIpc) is 2.23. The lowest BCUT2D eigenvalue weighted by Crippen LogP contribution is -2.28. The maximum Gasteiger partial charge on any atom is 0.534 e. The molecule has 0 fully saturated rings. The predicted molar refractivity (Wildman–Crippen MR) is 67.3 cm³/mol. The zero-order chi connectivity index (χ0) is 14.8. The molecule has 0 spiro atoms. The standard InChI is InChI=1S/C9H5F3INO4S/c1-5-2-8(7(14-4-15)3-6(5)13)18-19(16,17)9(10,11)12/h2-3H,1H3. The van der Waals surface area contributed by atoms with Gasteiger partial charge in [-0.1, -0.05) is 0 Å². The molecule has 0 unspecified atom stereocenters. The summed E-state index contributed by atoms with van der Waals surface area (Å²) in [4.78, 5) is 13.3. The number of halogens is 4. The lowest BCUT2D eigenvalue weighted by Gasteiger charge is -2.11. The minimum absolute atomic E-state index is 0.349. The molecule has 0 saturated carbocycles. The van der Waals surface area contributed by atoms with E-state index < -0.39 is 21.4 Å². The van der Waals surface area contributed by atoms with Crippen molar-refractivity contribution in [3.05, 3.63) is 21.3 Å². The zero-order valence-electron chi connectivity index (χ0n) is 9.16. The number of isocyanates is 1. The van der Waals surface area contributed by atoms with Crippen LogP contribution in [-0.4, -0.2) is 20.0 Å². The molecule has 5 nitrogen and oxygen atoms in total. The van der Waals surface area contributed by atoms with Gasteiger partial charge in [-0.2, -0.15) is 26.6 Å². The van der Waals surface area contributed by atoms with Crippen LogP contribution in [0.3, 0.4) is 0 Å². The molecule has 0 radical (unpaired) electrons. The van der Waals surface area contributed by atoms with Gasteiger partial charge in [0.1, 0.15) is 5.69 Å². The molecule has 1 aromatic rings. The first-order valence-corrected chi connectivity index (χ1v) is 6.96. The van der Waals surface area contributed by atoms with E-state index in [-0.39, 0.29) is 5.69 Å². The highest BCUT2D eigenvalue weighted by atomic mass is 127. The minimum atomic E-state index is -5.81. The first kappa shape index (κ1) is 15.9. The Morgan fingerprint density at radius 3 is 2.42 bits per heavy atom. The van der Waals surface area contributed by atoms with Crippen molar-refractivity contribution in [2.45, 2.75) is 12.4 Å². The van der Waals surface area contributed by atoms with E-state index in [9.17, 15) is 26.4 Å². The van der Waals surface area contributed by atoms with Crippen LogP contribution in [0.25, 0.3) is 0 Å². The van der Waals surface area contributed by atoms with Crippen molar-refractivity contribution >= 4 is 44.5 Å². The predicted octanol–water partition coefficient (Wildman–Crippen LogP) is 2.80. The van der Waals surface area contributed by atoms with E-state index in [2.05, 4.69) is 9.18 Å². The fourth-order valence-electron chi connectivity index (χ4n) is 1.01. The van der Waals surface area contributed by atoms with Crippen LogP contribution < -0.4 is 4.18 Å². The van der Waals surface area contributed by atoms with E-state index >= 15 is 0 Å². The fraction of sp³-hybridized carbons (Fsp3) is 0.222. The number of nitrogens with zero attached hydrogens (tertiary/aromatic N) is 1. The van der Waals surface area contributed by atoms with Gasteiger partial charge in [-0.05, 0) is 47.2 Å². The van der Waals surface area contributed by atoms with Gasteiger partial charge >= 0.3 is 15.6 Å².